The topological polar surface area (TPSA) is 65.2 Å². The summed E-state index contributed by atoms with van der Waals surface area (Å²) < 4.78 is 0. The number of aryl methyl sites for hydroxylation is 2. The van der Waals surface area contributed by atoms with Crippen molar-refractivity contribution < 1.29 is 4.79 Å². The molecule has 4 N–H and O–H groups in total. The van der Waals surface area contributed by atoms with Gasteiger partial charge in [-0.15, -0.1) is 0 Å². The number of halogens is 1. The molecule has 0 bridgehead atoms. The zero-order valence-corrected chi connectivity index (χ0v) is 21.0. The standard InChI is InChI=1S/C26H31ClN4OS/c1-5-7-22-23(14-15-24(32)31-25-18(3)8-6-9-21(25)27)33-26(30-22)29-16-28-19(4)20-12-10-17(2)11-13-20/h5-15,19,26,28-30H,16H2,1-4H3,(H,31,32)/b7-5-,15-14+/t19-,26?/m1/s1. The molecule has 7 heteroatoms. The van der Waals surface area contributed by atoms with E-state index in [0.29, 0.717) is 17.4 Å². The van der Waals surface area contributed by atoms with Crippen molar-refractivity contribution in [2.75, 3.05) is 12.0 Å². The first kappa shape index (κ1) is 25.1. The van der Waals surface area contributed by atoms with E-state index < -0.39 is 0 Å². The molecule has 0 spiro atoms. The number of anilines is 1. The van der Waals surface area contributed by atoms with Crippen molar-refractivity contribution in [1.29, 1.82) is 0 Å². The molecule has 2 aromatic rings. The predicted octanol–water partition coefficient (Wildman–Crippen LogP) is 5.76. The molecule has 0 saturated heterocycles. The molecule has 0 fully saturated rings. The molecule has 33 heavy (non-hydrogen) atoms. The lowest BCUT2D eigenvalue weighted by atomic mass is 10.1. The summed E-state index contributed by atoms with van der Waals surface area (Å²) in [6.07, 6.45) is 7.35. The summed E-state index contributed by atoms with van der Waals surface area (Å²) in [7, 11) is 0. The molecule has 174 valence electrons. The van der Waals surface area contributed by atoms with E-state index in [4.69, 9.17) is 11.6 Å². The summed E-state index contributed by atoms with van der Waals surface area (Å²) in [5.74, 6) is -0.218. The molecule has 1 amide bonds. The highest BCUT2D eigenvalue weighted by atomic mass is 35.5. The third-order valence-electron chi connectivity index (χ3n) is 5.26. The Labute approximate surface area is 205 Å². The van der Waals surface area contributed by atoms with Crippen LogP contribution in [0.3, 0.4) is 0 Å². The minimum atomic E-state index is -0.218. The number of hydrogen-bond donors (Lipinski definition) is 4. The van der Waals surface area contributed by atoms with Crippen LogP contribution in [-0.2, 0) is 4.79 Å². The molecule has 1 aliphatic rings. The van der Waals surface area contributed by atoms with Crippen molar-refractivity contribution in [2.24, 2.45) is 0 Å². The maximum absolute atomic E-state index is 12.5. The summed E-state index contributed by atoms with van der Waals surface area (Å²) in [5.41, 5.74) is 5.06. The van der Waals surface area contributed by atoms with Crippen LogP contribution in [0.15, 0.2) is 77.4 Å². The van der Waals surface area contributed by atoms with Gasteiger partial charge < -0.3 is 10.6 Å². The van der Waals surface area contributed by atoms with Crippen LogP contribution in [0, 0.1) is 13.8 Å². The summed E-state index contributed by atoms with van der Waals surface area (Å²) >= 11 is 7.85. The van der Waals surface area contributed by atoms with Crippen LogP contribution >= 0.6 is 23.4 Å². The van der Waals surface area contributed by atoms with Crippen LogP contribution in [-0.4, -0.2) is 18.1 Å². The van der Waals surface area contributed by atoms with Crippen LogP contribution in [0.25, 0.3) is 0 Å². The Morgan fingerprint density at radius 3 is 2.64 bits per heavy atom. The van der Waals surface area contributed by atoms with Gasteiger partial charge in [0.15, 0.2) is 0 Å². The monoisotopic (exact) mass is 482 g/mol. The van der Waals surface area contributed by atoms with Gasteiger partial charge in [0.2, 0.25) is 5.91 Å². The lowest BCUT2D eigenvalue weighted by Crippen LogP contribution is -2.41. The van der Waals surface area contributed by atoms with E-state index in [1.165, 1.54) is 17.2 Å². The van der Waals surface area contributed by atoms with Gasteiger partial charge in [-0.25, -0.2) is 0 Å². The number of carbonyl (C=O) groups excluding carboxylic acids is 1. The zero-order chi connectivity index (χ0) is 23.8. The van der Waals surface area contributed by atoms with Crippen LogP contribution in [0.5, 0.6) is 0 Å². The van der Waals surface area contributed by atoms with E-state index >= 15 is 0 Å². The molecule has 5 nitrogen and oxygen atoms in total. The second-order valence-electron chi connectivity index (χ2n) is 7.89. The minimum Gasteiger partial charge on any atom is -0.360 e. The number of benzene rings is 2. The van der Waals surface area contributed by atoms with E-state index in [1.54, 1.807) is 17.8 Å². The molecule has 0 aromatic heterocycles. The molecule has 1 aliphatic heterocycles. The minimum absolute atomic E-state index is 0.00226. The third-order valence-corrected chi connectivity index (χ3v) is 6.70. The Bertz CT molecular complexity index is 1040. The van der Waals surface area contributed by atoms with Crippen LogP contribution in [0.1, 0.15) is 36.6 Å². The first-order chi connectivity index (χ1) is 15.9. The highest BCUT2D eigenvalue weighted by molar-refractivity contribution is 8.04. The van der Waals surface area contributed by atoms with Gasteiger partial charge in [0, 0.05) is 29.4 Å². The Kier molecular flexibility index (Phi) is 9.21. The fourth-order valence-electron chi connectivity index (χ4n) is 3.34. The molecule has 3 rings (SSSR count). The number of thioether (sulfide) groups is 1. The van der Waals surface area contributed by atoms with Gasteiger partial charge in [0.25, 0.3) is 0 Å². The second-order valence-corrected chi connectivity index (χ2v) is 9.45. The lowest BCUT2D eigenvalue weighted by Gasteiger charge is -2.18. The number of amides is 1. The van der Waals surface area contributed by atoms with Gasteiger partial charge in [-0.1, -0.05) is 71.4 Å². The Morgan fingerprint density at radius 2 is 1.94 bits per heavy atom. The molecule has 0 aliphatic carbocycles. The summed E-state index contributed by atoms with van der Waals surface area (Å²) in [6.45, 7) is 8.78. The molecular weight excluding hydrogens is 452 g/mol. The Balaban J connectivity index is 1.54. The van der Waals surface area contributed by atoms with Gasteiger partial charge in [0.05, 0.1) is 10.7 Å². The van der Waals surface area contributed by atoms with Crippen molar-refractivity contribution in [3.63, 3.8) is 0 Å². The first-order valence-electron chi connectivity index (χ1n) is 10.9. The molecular formula is C26H31ClN4OS. The van der Waals surface area contributed by atoms with Gasteiger partial charge in [-0.2, -0.15) is 0 Å². The number of carbonyl (C=O) groups is 1. The van der Waals surface area contributed by atoms with E-state index in [-0.39, 0.29) is 17.4 Å². The molecule has 0 radical (unpaired) electrons. The Hall–Kier alpha value is -2.51. The first-order valence-corrected chi connectivity index (χ1v) is 12.2. The summed E-state index contributed by atoms with van der Waals surface area (Å²) in [6, 6.07) is 14.3. The number of allylic oxidation sites excluding steroid dienone is 3. The number of hydrogen-bond acceptors (Lipinski definition) is 5. The maximum Gasteiger partial charge on any atom is 0.248 e. The highest BCUT2D eigenvalue weighted by Crippen LogP contribution is 2.31. The molecule has 1 unspecified atom stereocenters. The third kappa shape index (κ3) is 7.24. The highest BCUT2D eigenvalue weighted by Gasteiger charge is 2.21. The number of para-hydroxylation sites is 1. The van der Waals surface area contributed by atoms with Gasteiger partial charge in [-0.3, -0.25) is 15.4 Å². The van der Waals surface area contributed by atoms with Crippen molar-refractivity contribution in [3.8, 4) is 0 Å². The normalized spacial score (nSPS) is 17.1. The maximum atomic E-state index is 12.5. The summed E-state index contributed by atoms with van der Waals surface area (Å²) in [4.78, 5) is 13.5. The van der Waals surface area contributed by atoms with Gasteiger partial charge in [0.1, 0.15) is 5.50 Å². The van der Waals surface area contributed by atoms with E-state index in [9.17, 15) is 4.79 Å². The van der Waals surface area contributed by atoms with Crippen molar-refractivity contribution in [1.82, 2.24) is 16.0 Å². The SMILES string of the molecule is C/C=C\C1=C(/C=C/C(=O)Nc2c(C)cccc2Cl)SC(NCN[C@H](C)c2ccc(C)cc2)N1. The average molecular weight is 483 g/mol. The smallest absolute Gasteiger partial charge is 0.248 e. The van der Waals surface area contributed by atoms with Crippen LogP contribution in [0.2, 0.25) is 5.02 Å². The summed E-state index contributed by atoms with van der Waals surface area (Å²) in [5, 5.41) is 13.8. The fourth-order valence-corrected chi connectivity index (χ4v) is 4.61. The molecule has 2 aromatic carbocycles. The number of nitrogens with one attached hydrogen (secondary N) is 4. The zero-order valence-electron chi connectivity index (χ0n) is 19.4. The Morgan fingerprint density at radius 1 is 1.18 bits per heavy atom. The van der Waals surface area contributed by atoms with Crippen LogP contribution in [0.4, 0.5) is 5.69 Å². The number of rotatable bonds is 9. The van der Waals surface area contributed by atoms with E-state index in [1.807, 2.05) is 44.2 Å². The van der Waals surface area contributed by atoms with E-state index in [0.717, 1.165) is 16.2 Å². The van der Waals surface area contributed by atoms with Crippen molar-refractivity contribution in [3.05, 3.63) is 99.1 Å². The van der Waals surface area contributed by atoms with Gasteiger partial charge >= 0.3 is 0 Å². The fraction of sp³-hybridized carbons (Fsp3) is 0.269. The lowest BCUT2D eigenvalue weighted by molar-refractivity contribution is -0.111. The van der Waals surface area contributed by atoms with Crippen LogP contribution < -0.4 is 21.3 Å². The largest absolute Gasteiger partial charge is 0.360 e. The molecule has 0 saturated carbocycles. The van der Waals surface area contributed by atoms with Crippen molar-refractivity contribution >= 4 is 35.0 Å². The average Bonchev–Trinajstić information content (AvgIpc) is 3.17. The molecule has 2 atom stereocenters. The van der Waals surface area contributed by atoms with Gasteiger partial charge in [-0.05, 0) is 57.0 Å². The molecule has 1 heterocycles. The predicted molar refractivity (Wildman–Crippen MR) is 141 cm³/mol. The van der Waals surface area contributed by atoms with Crippen molar-refractivity contribution in [2.45, 2.75) is 39.2 Å². The van der Waals surface area contributed by atoms with E-state index in [2.05, 4.69) is 59.4 Å². The quantitative estimate of drug-likeness (QED) is 0.270. The second kappa shape index (κ2) is 12.1.